The van der Waals surface area contributed by atoms with Crippen molar-refractivity contribution in [2.45, 2.75) is 51.3 Å². The van der Waals surface area contributed by atoms with Crippen LogP contribution in [-0.4, -0.2) is 35.8 Å². The van der Waals surface area contributed by atoms with E-state index in [1.54, 1.807) is 4.90 Å². The Morgan fingerprint density at radius 1 is 1.30 bits per heavy atom. The number of fused-ring (bicyclic) bond motifs is 1. The summed E-state index contributed by atoms with van der Waals surface area (Å²) >= 11 is 0. The summed E-state index contributed by atoms with van der Waals surface area (Å²) < 4.78 is 11.3. The Kier molecular flexibility index (Phi) is 5.04. The molecule has 3 rings (SSSR count). The van der Waals surface area contributed by atoms with Crippen LogP contribution in [0, 0.1) is 0 Å². The van der Waals surface area contributed by atoms with Crippen molar-refractivity contribution >= 4 is 18.2 Å². The highest BCUT2D eigenvalue weighted by atomic mass is 16.6. The summed E-state index contributed by atoms with van der Waals surface area (Å²) in [6.07, 6.45) is 5.66. The lowest BCUT2D eigenvalue weighted by atomic mass is 9.87. The molecule has 1 saturated heterocycles. The largest absolute Gasteiger partial charge is 0.489 e. The highest BCUT2D eigenvalue weighted by molar-refractivity contribution is 5.76. The van der Waals surface area contributed by atoms with Crippen LogP contribution >= 0.6 is 0 Å². The number of carbonyl (C=O) groups excluding carboxylic acids is 2. The van der Waals surface area contributed by atoms with Gasteiger partial charge in [0, 0.05) is 17.7 Å². The van der Waals surface area contributed by atoms with Gasteiger partial charge in [-0.1, -0.05) is 18.2 Å². The summed E-state index contributed by atoms with van der Waals surface area (Å²) in [7, 11) is 0. The molecule has 3 amide bonds. The van der Waals surface area contributed by atoms with E-state index in [1.165, 1.54) is 0 Å². The van der Waals surface area contributed by atoms with Crippen molar-refractivity contribution in [1.82, 2.24) is 10.2 Å². The number of rotatable bonds is 2. The van der Waals surface area contributed by atoms with Crippen molar-refractivity contribution in [3.05, 3.63) is 35.4 Å². The lowest BCUT2D eigenvalue weighted by Gasteiger charge is -2.47. The van der Waals surface area contributed by atoms with Gasteiger partial charge in [0.2, 0.25) is 0 Å². The van der Waals surface area contributed by atoms with Crippen LogP contribution in [0.4, 0.5) is 9.59 Å². The molecule has 2 aliphatic heterocycles. The van der Waals surface area contributed by atoms with E-state index >= 15 is 0 Å². The number of nitrogens with two attached hydrogens (primary N) is 1. The fourth-order valence-corrected chi connectivity index (χ4v) is 3.61. The second-order valence-corrected chi connectivity index (χ2v) is 7.90. The number of ether oxygens (including phenoxy) is 2. The summed E-state index contributed by atoms with van der Waals surface area (Å²) in [5.74, 6) is 0.718. The monoisotopic (exact) mass is 373 g/mol. The van der Waals surface area contributed by atoms with Crippen molar-refractivity contribution in [3.8, 4) is 5.75 Å². The average Bonchev–Trinajstić information content (AvgIpc) is 2.59. The van der Waals surface area contributed by atoms with Gasteiger partial charge in [0.1, 0.15) is 23.6 Å². The molecule has 7 nitrogen and oxygen atoms in total. The van der Waals surface area contributed by atoms with Crippen LogP contribution in [0.1, 0.15) is 51.2 Å². The third-order valence-corrected chi connectivity index (χ3v) is 4.70. The zero-order chi connectivity index (χ0) is 19.7. The number of urea groups is 1. The summed E-state index contributed by atoms with van der Waals surface area (Å²) in [5, 5.41) is 2.83. The lowest BCUT2D eigenvalue weighted by molar-refractivity contribution is -0.0248. The average molecular weight is 373 g/mol. The Hall–Kier alpha value is -2.70. The molecule has 146 valence electrons. The van der Waals surface area contributed by atoms with Crippen LogP contribution in [0.25, 0.3) is 6.08 Å². The third-order valence-electron chi connectivity index (χ3n) is 4.70. The quantitative estimate of drug-likeness (QED) is 0.831. The molecule has 0 spiro atoms. The van der Waals surface area contributed by atoms with Crippen molar-refractivity contribution in [3.63, 3.8) is 0 Å². The third kappa shape index (κ3) is 4.02. The number of likely N-dealkylation sites (tertiary alicyclic amines) is 1. The van der Waals surface area contributed by atoms with E-state index in [0.29, 0.717) is 19.6 Å². The first kappa shape index (κ1) is 19.1. The number of carbonyl (C=O) groups is 2. The van der Waals surface area contributed by atoms with Crippen LogP contribution in [-0.2, 0) is 10.4 Å². The van der Waals surface area contributed by atoms with Crippen molar-refractivity contribution < 1.29 is 19.1 Å². The Labute approximate surface area is 159 Å². The molecule has 1 fully saturated rings. The molecule has 2 heterocycles. The number of hydrogen-bond donors (Lipinski definition) is 2. The minimum Gasteiger partial charge on any atom is -0.489 e. The standard InChI is InChI=1S/C20H27N3O4/c1-19(2,3)27-18(25)23-11-5-4-10-20(23,22-17(21)24)15-9-8-14-7-6-12-26-16(14)13-15/h6-9,13H,4-5,10-12H2,1-3H3,(H3,21,22,24). The van der Waals surface area contributed by atoms with Crippen molar-refractivity contribution in [2.24, 2.45) is 5.73 Å². The number of nitrogens with one attached hydrogen (secondary N) is 1. The Balaban J connectivity index is 2.05. The van der Waals surface area contributed by atoms with Gasteiger partial charge in [0.15, 0.2) is 0 Å². The van der Waals surface area contributed by atoms with Crippen molar-refractivity contribution in [2.75, 3.05) is 13.2 Å². The molecule has 1 unspecified atom stereocenters. The van der Waals surface area contributed by atoms with E-state index in [4.69, 9.17) is 15.2 Å². The smallest absolute Gasteiger partial charge is 0.412 e. The van der Waals surface area contributed by atoms with Gasteiger partial charge >= 0.3 is 12.1 Å². The van der Waals surface area contributed by atoms with Gasteiger partial charge in [-0.2, -0.15) is 0 Å². The minimum absolute atomic E-state index is 0.465. The highest BCUT2D eigenvalue weighted by Crippen LogP contribution is 2.39. The zero-order valence-corrected chi connectivity index (χ0v) is 16.1. The summed E-state index contributed by atoms with van der Waals surface area (Å²) in [6, 6.07) is 5.00. The lowest BCUT2D eigenvalue weighted by Crippen LogP contribution is -2.63. The highest BCUT2D eigenvalue weighted by Gasteiger charge is 2.46. The van der Waals surface area contributed by atoms with Crippen molar-refractivity contribution in [1.29, 1.82) is 0 Å². The number of amides is 3. The second-order valence-electron chi connectivity index (χ2n) is 7.90. The zero-order valence-electron chi connectivity index (χ0n) is 16.1. The molecule has 27 heavy (non-hydrogen) atoms. The number of nitrogens with zero attached hydrogens (tertiary/aromatic N) is 1. The van der Waals surface area contributed by atoms with Gasteiger partial charge in [-0.25, -0.2) is 9.59 Å². The van der Waals surface area contributed by atoms with Gasteiger partial charge < -0.3 is 20.5 Å². The van der Waals surface area contributed by atoms with Crippen LogP contribution in [0.3, 0.4) is 0 Å². The number of benzene rings is 1. The Morgan fingerprint density at radius 2 is 2.07 bits per heavy atom. The van der Waals surface area contributed by atoms with Gasteiger partial charge in [-0.05, 0) is 52.2 Å². The molecule has 3 N–H and O–H groups in total. The van der Waals surface area contributed by atoms with E-state index in [1.807, 2.05) is 51.1 Å². The molecule has 1 atom stereocenters. The number of hydrogen-bond acceptors (Lipinski definition) is 4. The fourth-order valence-electron chi connectivity index (χ4n) is 3.61. The first-order valence-corrected chi connectivity index (χ1v) is 9.23. The molecule has 7 heteroatoms. The second kappa shape index (κ2) is 7.13. The van der Waals surface area contributed by atoms with E-state index in [-0.39, 0.29) is 0 Å². The first-order valence-electron chi connectivity index (χ1n) is 9.23. The maximum absolute atomic E-state index is 12.9. The predicted octanol–water partition coefficient (Wildman–Crippen LogP) is 3.33. The van der Waals surface area contributed by atoms with Gasteiger partial charge in [0.25, 0.3) is 0 Å². The molecule has 0 bridgehead atoms. The molecule has 0 saturated carbocycles. The molecule has 0 aromatic heterocycles. The maximum atomic E-state index is 12.9. The van der Waals surface area contributed by atoms with Gasteiger partial charge in [0.05, 0.1) is 0 Å². The Morgan fingerprint density at radius 3 is 2.78 bits per heavy atom. The first-order chi connectivity index (χ1) is 12.7. The normalized spacial score (nSPS) is 21.8. The molecule has 0 radical (unpaired) electrons. The predicted molar refractivity (Wildman–Crippen MR) is 102 cm³/mol. The van der Waals surface area contributed by atoms with E-state index in [2.05, 4.69) is 5.32 Å². The van der Waals surface area contributed by atoms with Gasteiger partial charge in [-0.3, -0.25) is 4.90 Å². The molecular formula is C20H27N3O4. The molecular weight excluding hydrogens is 346 g/mol. The van der Waals surface area contributed by atoms with Crippen LogP contribution in [0.2, 0.25) is 0 Å². The molecule has 1 aromatic rings. The van der Waals surface area contributed by atoms with Crippen LogP contribution in [0.15, 0.2) is 24.3 Å². The fraction of sp³-hybridized carbons (Fsp3) is 0.500. The minimum atomic E-state index is -1.06. The number of primary amides is 1. The van der Waals surface area contributed by atoms with E-state index in [0.717, 1.165) is 29.7 Å². The maximum Gasteiger partial charge on any atom is 0.412 e. The SMILES string of the molecule is CC(C)(C)OC(=O)N1CCCCC1(NC(N)=O)c1ccc2c(c1)OCC=C2. The van der Waals surface area contributed by atoms with Gasteiger partial charge in [-0.15, -0.1) is 0 Å². The van der Waals surface area contributed by atoms with E-state index in [9.17, 15) is 9.59 Å². The topological polar surface area (TPSA) is 93.9 Å². The number of piperidine rings is 1. The van der Waals surface area contributed by atoms with Crippen LogP contribution < -0.4 is 15.8 Å². The van der Waals surface area contributed by atoms with E-state index < -0.39 is 23.4 Å². The summed E-state index contributed by atoms with van der Waals surface area (Å²) in [5.41, 5.74) is 5.50. The summed E-state index contributed by atoms with van der Waals surface area (Å²) in [4.78, 5) is 26.4. The molecule has 2 aliphatic rings. The molecule has 1 aromatic carbocycles. The summed E-state index contributed by atoms with van der Waals surface area (Å²) in [6.45, 7) is 6.40. The Bertz CT molecular complexity index is 769. The molecule has 0 aliphatic carbocycles. The van der Waals surface area contributed by atoms with Crippen LogP contribution in [0.5, 0.6) is 5.75 Å².